The molecule has 0 unspecified atom stereocenters. The Morgan fingerprint density at radius 1 is 1.47 bits per heavy atom. The Labute approximate surface area is 94.4 Å². The van der Waals surface area contributed by atoms with E-state index in [4.69, 9.17) is 21.6 Å². The molecule has 1 aliphatic rings. The van der Waals surface area contributed by atoms with Crippen LogP contribution >= 0.6 is 11.6 Å². The maximum absolute atomic E-state index is 8.92. The first kappa shape index (κ1) is 10.3. The highest BCUT2D eigenvalue weighted by atomic mass is 35.5. The van der Waals surface area contributed by atoms with E-state index in [1.54, 1.807) is 18.2 Å². The standard InChI is InChI=1S/C12H12ClNO/c13-11-5-2-6-12(10(11)7-14)15-8-9-3-1-4-9/h2,5-6,9H,1,3-4,8H2. The van der Waals surface area contributed by atoms with Gasteiger partial charge >= 0.3 is 0 Å². The van der Waals surface area contributed by atoms with Gasteiger partial charge in [0.1, 0.15) is 17.4 Å². The number of hydrogen-bond donors (Lipinski definition) is 0. The molecule has 0 radical (unpaired) electrons. The van der Waals surface area contributed by atoms with E-state index in [2.05, 4.69) is 6.07 Å². The Kier molecular flexibility index (Phi) is 3.13. The fourth-order valence-corrected chi connectivity index (χ4v) is 1.81. The van der Waals surface area contributed by atoms with Crippen LogP contribution in [0, 0.1) is 17.2 Å². The largest absolute Gasteiger partial charge is 0.492 e. The molecule has 1 saturated carbocycles. The molecule has 1 aromatic carbocycles. The van der Waals surface area contributed by atoms with Gasteiger partial charge in [0, 0.05) is 0 Å². The second kappa shape index (κ2) is 4.55. The summed E-state index contributed by atoms with van der Waals surface area (Å²) in [5.41, 5.74) is 0.443. The number of hydrogen-bond acceptors (Lipinski definition) is 2. The quantitative estimate of drug-likeness (QED) is 0.784. The second-order valence-electron chi connectivity index (χ2n) is 3.83. The molecule has 3 heteroatoms. The number of nitrogens with zero attached hydrogens (tertiary/aromatic N) is 1. The summed E-state index contributed by atoms with van der Waals surface area (Å²) in [5, 5.41) is 9.38. The highest BCUT2D eigenvalue weighted by molar-refractivity contribution is 6.31. The molecular weight excluding hydrogens is 210 g/mol. The first-order valence-electron chi connectivity index (χ1n) is 5.12. The molecule has 0 aromatic heterocycles. The molecular formula is C12H12ClNO. The minimum atomic E-state index is 0.443. The molecule has 0 saturated heterocycles. The highest BCUT2D eigenvalue weighted by Gasteiger charge is 2.18. The summed E-state index contributed by atoms with van der Waals surface area (Å²) in [5.74, 6) is 1.27. The normalized spacial score (nSPS) is 15.5. The summed E-state index contributed by atoms with van der Waals surface area (Å²) in [7, 11) is 0. The Morgan fingerprint density at radius 3 is 2.87 bits per heavy atom. The van der Waals surface area contributed by atoms with E-state index in [1.807, 2.05) is 0 Å². The summed E-state index contributed by atoms with van der Waals surface area (Å²) in [6.07, 6.45) is 3.78. The topological polar surface area (TPSA) is 33.0 Å². The van der Waals surface area contributed by atoms with E-state index < -0.39 is 0 Å². The summed E-state index contributed by atoms with van der Waals surface area (Å²) in [6, 6.07) is 7.37. The van der Waals surface area contributed by atoms with Crippen molar-refractivity contribution in [3.05, 3.63) is 28.8 Å². The SMILES string of the molecule is N#Cc1c(Cl)cccc1OCC1CCC1. The third-order valence-electron chi connectivity index (χ3n) is 2.79. The smallest absolute Gasteiger partial charge is 0.138 e. The second-order valence-corrected chi connectivity index (χ2v) is 4.24. The zero-order valence-corrected chi connectivity index (χ0v) is 9.13. The lowest BCUT2D eigenvalue weighted by Crippen LogP contribution is -2.19. The average Bonchev–Trinajstić information content (AvgIpc) is 2.15. The molecule has 2 rings (SSSR count). The number of nitriles is 1. The van der Waals surface area contributed by atoms with Crippen molar-refractivity contribution in [1.29, 1.82) is 5.26 Å². The van der Waals surface area contributed by atoms with Gasteiger partial charge in [-0.05, 0) is 30.9 Å². The molecule has 1 aromatic rings. The van der Waals surface area contributed by atoms with Crippen molar-refractivity contribution in [2.24, 2.45) is 5.92 Å². The first-order valence-corrected chi connectivity index (χ1v) is 5.50. The third-order valence-corrected chi connectivity index (χ3v) is 3.10. The third kappa shape index (κ3) is 2.24. The van der Waals surface area contributed by atoms with Crippen molar-refractivity contribution in [1.82, 2.24) is 0 Å². The van der Waals surface area contributed by atoms with Gasteiger partial charge in [0.2, 0.25) is 0 Å². The van der Waals surface area contributed by atoms with E-state index in [1.165, 1.54) is 19.3 Å². The average molecular weight is 222 g/mol. The molecule has 1 aliphatic carbocycles. The molecule has 15 heavy (non-hydrogen) atoms. The molecule has 0 amide bonds. The van der Waals surface area contributed by atoms with E-state index in [0.29, 0.717) is 28.9 Å². The minimum absolute atomic E-state index is 0.443. The van der Waals surface area contributed by atoms with Gasteiger partial charge in [-0.25, -0.2) is 0 Å². The number of benzene rings is 1. The van der Waals surface area contributed by atoms with Crippen molar-refractivity contribution < 1.29 is 4.74 Å². The van der Waals surface area contributed by atoms with Crippen molar-refractivity contribution >= 4 is 11.6 Å². The Hall–Kier alpha value is -1.20. The Morgan fingerprint density at radius 2 is 2.27 bits per heavy atom. The monoisotopic (exact) mass is 221 g/mol. The lowest BCUT2D eigenvalue weighted by molar-refractivity contribution is 0.180. The van der Waals surface area contributed by atoms with Gasteiger partial charge in [-0.15, -0.1) is 0 Å². The Balaban J connectivity index is 2.06. The fraction of sp³-hybridized carbons (Fsp3) is 0.417. The fourth-order valence-electron chi connectivity index (χ4n) is 1.60. The van der Waals surface area contributed by atoms with Crippen LogP contribution in [0.1, 0.15) is 24.8 Å². The van der Waals surface area contributed by atoms with Crippen molar-refractivity contribution in [3.8, 4) is 11.8 Å². The molecule has 78 valence electrons. The van der Waals surface area contributed by atoms with Crippen LogP contribution in [0.25, 0.3) is 0 Å². The maximum atomic E-state index is 8.92. The van der Waals surface area contributed by atoms with Crippen molar-refractivity contribution in [2.45, 2.75) is 19.3 Å². The van der Waals surface area contributed by atoms with Crippen LogP contribution in [0.15, 0.2) is 18.2 Å². The number of halogens is 1. The molecule has 0 heterocycles. The molecule has 0 bridgehead atoms. The maximum Gasteiger partial charge on any atom is 0.138 e. The molecule has 2 nitrogen and oxygen atoms in total. The summed E-state index contributed by atoms with van der Waals surface area (Å²) in [4.78, 5) is 0. The van der Waals surface area contributed by atoms with Gasteiger partial charge in [-0.3, -0.25) is 0 Å². The van der Waals surface area contributed by atoms with Gasteiger partial charge in [0.05, 0.1) is 11.6 Å². The number of rotatable bonds is 3. The number of ether oxygens (including phenoxy) is 1. The minimum Gasteiger partial charge on any atom is -0.492 e. The van der Waals surface area contributed by atoms with Gasteiger partial charge in [0.25, 0.3) is 0 Å². The predicted octanol–water partition coefficient (Wildman–Crippen LogP) is 3.39. The van der Waals surface area contributed by atoms with E-state index in [9.17, 15) is 0 Å². The molecule has 0 atom stereocenters. The van der Waals surface area contributed by atoms with E-state index in [0.717, 1.165) is 0 Å². The predicted molar refractivity (Wildman–Crippen MR) is 59.0 cm³/mol. The van der Waals surface area contributed by atoms with Crippen LogP contribution in [0.2, 0.25) is 5.02 Å². The molecule has 0 spiro atoms. The summed E-state index contributed by atoms with van der Waals surface area (Å²) >= 11 is 5.89. The molecule has 0 N–H and O–H groups in total. The zero-order valence-electron chi connectivity index (χ0n) is 8.37. The lowest BCUT2D eigenvalue weighted by atomic mass is 9.86. The highest BCUT2D eigenvalue weighted by Crippen LogP contribution is 2.29. The van der Waals surface area contributed by atoms with Crippen LogP contribution < -0.4 is 4.74 Å². The first-order chi connectivity index (χ1) is 7.31. The van der Waals surface area contributed by atoms with Crippen LogP contribution in [0.4, 0.5) is 0 Å². The Bertz CT molecular complexity index is 393. The summed E-state index contributed by atoms with van der Waals surface area (Å²) in [6.45, 7) is 0.703. The van der Waals surface area contributed by atoms with Gasteiger partial charge < -0.3 is 4.74 Å². The summed E-state index contributed by atoms with van der Waals surface area (Å²) < 4.78 is 5.61. The lowest BCUT2D eigenvalue weighted by Gasteiger charge is -2.25. The molecule has 0 aliphatic heterocycles. The van der Waals surface area contributed by atoms with E-state index in [-0.39, 0.29) is 0 Å². The van der Waals surface area contributed by atoms with Crippen LogP contribution in [-0.2, 0) is 0 Å². The van der Waals surface area contributed by atoms with Gasteiger partial charge in [-0.1, -0.05) is 24.1 Å². The van der Waals surface area contributed by atoms with Crippen molar-refractivity contribution in [2.75, 3.05) is 6.61 Å². The van der Waals surface area contributed by atoms with Crippen LogP contribution in [0.3, 0.4) is 0 Å². The van der Waals surface area contributed by atoms with Crippen LogP contribution in [-0.4, -0.2) is 6.61 Å². The zero-order chi connectivity index (χ0) is 10.7. The van der Waals surface area contributed by atoms with E-state index >= 15 is 0 Å². The van der Waals surface area contributed by atoms with Crippen molar-refractivity contribution in [3.63, 3.8) is 0 Å². The molecule has 1 fully saturated rings. The van der Waals surface area contributed by atoms with Gasteiger partial charge in [0.15, 0.2) is 0 Å². The van der Waals surface area contributed by atoms with Gasteiger partial charge in [-0.2, -0.15) is 5.26 Å². The van der Waals surface area contributed by atoms with Crippen LogP contribution in [0.5, 0.6) is 5.75 Å².